The first-order valence-corrected chi connectivity index (χ1v) is 10.9. The number of methoxy groups -OCH3 is 2. The highest BCUT2D eigenvalue weighted by atomic mass is 32.2. The average molecular weight is 448 g/mol. The van der Waals surface area contributed by atoms with Gasteiger partial charge in [0.1, 0.15) is 22.8 Å². The second-order valence-electron chi connectivity index (χ2n) is 7.17. The fourth-order valence-electron chi connectivity index (χ4n) is 3.31. The maximum absolute atomic E-state index is 13.8. The summed E-state index contributed by atoms with van der Waals surface area (Å²) in [5.74, 6) is 0.182. The lowest BCUT2D eigenvalue weighted by molar-refractivity contribution is -0.131. The van der Waals surface area contributed by atoms with Gasteiger partial charge in [0.15, 0.2) is 0 Å². The molecule has 3 N–H and O–H groups in total. The Morgan fingerprint density at radius 2 is 1.97 bits per heavy atom. The number of hydrogen-bond donors (Lipinski definition) is 3. The quantitative estimate of drug-likeness (QED) is 0.576. The standard InChI is InChI=1S/C22H26FN3O4S/c1-13-16(11-20(27)25-18-9-8-15(29-2)10-19(18)30-3)21(28)26-22(24-13)31-12-14-6-4-5-7-17(14)23/h4-10,13,16,22,24H,11-12H2,1-3H3,(H,25,27)(H,26,28). The van der Waals surface area contributed by atoms with Gasteiger partial charge in [0.05, 0.1) is 25.8 Å². The topological polar surface area (TPSA) is 88.7 Å². The van der Waals surface area contributed by atoms with Gasteiger partial charge in [0.2, 0.25) is 11.8 Å². The van der Waals surface area contributed by atoms with Crippen molar-refractivity contribution in [3.63, 3.8) is 0 Å². The van der Waals surface area contributed by atoms with Gasteiger partial charge in [-0.25, -0.2) is 4.39 Å². The Morgan fingerprint density at radius 3 is 2.65 bits per heavy atom. The molecule has 1 aliphatic rings. The summed E-state index contributed by atoms with van der Waals surface area (Å²) in [4.78, 5) is 25.2. The molecule has 2 aromatic rings. The number of nitrogens with one attached hydrogen (secondary N) is 3. The van der Waals surface area contributed by atoms with Crippen LogP contribution in [0.4, 0.5) is 10.1 Å². The molecule has 0 spiro atoms. The minimum absolute atomic E-state index is 0.0138. The summed E-state index contributed by atoms with van der Waals surface area (Å²) in [5.41, 5.74) is 0.720. The zero-order chi connectivity index (χ0) is 22.4. The SMILES string of the molecule is COc1ccc(NC(=O)CC2C(=O)NC(SCc3ccccc3F)NC2C)c(OC)c1. The van der Waals surface area contributed by atoms with Gasteiger partial charge in [-0.15, -0.1) is 11.8 Å². The van der Waals surface area contributed by atoms with E-state index in [1.165, 1.54) is 24.9 Å². The van der Waals surface area contributed by atoms with Crippen molar-refractivity contribution in [2.75, 3.05) is 19.5 Å². The molecule has 1 aliphatic heterocycles. The minimum atomic E-state index is -0.533. The van der Waals surface area contributed by atoms with Crippen LogP contribution in [-0.4, -0.2) is 37.6 Å². The van der Waals surface area contributed by atoms with Crippen LogP contribution in [0.25, 0.3) is 0 Å². The third-order valence-corrected chi connectivity index (χ3v) is 6.14. The summed E-state index contributed by atoms with van der Waals surface area (Å²) in [6.45, 7) is 1.86. The molecule has 2 amide bonds. The average Bonchev–Trinajstić information content (AvgIpc) is 2.76. The number of carbonyl (C=O) groups excluding carboxylic acids is 2. The first-order chi connectivity index (χ1) is 14.9. The Hall–Kier alpha value is -2.78. The summed E-state index contributed by atoms with van der Waals surface area (Å²) in [7, 11) is 3.05. The lowest BCUT2D eigenvalue weighted by Crippen LogP contribution is -2.59. The number of halogens is 1. The second kappa shape index (κ2) is 10.5. The van der Waals surface area contributed by atoms with Crippen molar-refractivity contribution in [3.05, 3.63) is 53.8 Å². The van der Waals surface area contributed by atoms with Gasteiger partial charge >= 0.3 is 0 Å². The highest BCUT2D eigenvalue weighted by Crippen LogP contribution is 2.30. The van der Waals surface area contributed by atoms with Gasteiger partial charge in [-0.2, -0.15) is 0 Å². The van der Waals surface area contributed by atoms with Gasteiger partial charge in [-0.05, 0) is 30.7 Å². The molecule has 7 nitrogen and oxygen atoms in total. The van der Waals surface area contributed by atoms with Crippen molar-refractivity contribution in [1.29, 1.82) is 0 Å². The first-order valence-electron chi connectivity index (χ1n) is 9.84. The predicted octanol–water partition coefficient (Wildman–Crippen LogP) is 3.11. The second-order valence-corrected chi connectivity index (χ2v) is 8.26. The van der Waals surface area contributed by atoms with E-state index in [0.717, 1.165) is 0 Å². The number of thioether (sulfide) groups is 1. The van der Waals surface area contributed by atoms with E-state index in [1.807, 2.05) is 6.92 Å². The van der Waals surface area contributed by atoms with Crippen molar-refractivity contribution in [2.24, 2.45) is 5.92 Å². The zero-order valence-corrected chi connectivity index (χ0v) is 18.4. The molecule has 1 fully saturated rings. The van der Waals surface area contributed by atoms with E-state index in [0.29, 0.717) is 28.5 Å². The largest absolute Gasteiger partial charge is 0.497 e. The van der Waals surface area contributed by atoms with E-state index in [-0.39, 0.29) is 35.6 Å². The Labute approximate surface area is 185 Å². The summed E-state index contributed by atoms with van der Waals surface area (Å²) in [6, 6.07) is 11.4. The van der Waals surface area contributed by atoms with Gasteiger partial charge in [-0.1, -0.05) is 18.2 Å². The number of benzene rings is 2. The maximum atomic E-state index is 13.8. The van der Waals surface area contributed by atoms with Crippen LogP contribution >= 0.6 is 11.8 Å². The molecule has 0 aromatic heterocycles. The fraction of sp³-hybridized carbons (Fsp3) is 0.364. The van der Waals surface area contributed by atoms with Crippen molar-refractivity contribution in [2.45, 2.75) is 30.6 Å². The van der Waals surface area contributed by atoms with E-state index in [2.05, 4.69) is 16.0 Å². The van der Waals surface area contributed by atoms with E-state index in [1.54, 1.807) is 43.5 Å². The third kappa shape index (κ3) is 5.89. The highest BCUT2D eigenvalue weighted by Gasteiger charge is 2.35. The Balaban J connectivity index is 1.55. The minimum Gasteiger partial charge on any atom is -0.497 e. The molecule has 0 saturated carbocycles. The van der Waals surface area contributed by atoms with Crippen LogP contribution in [-0.2, 0) is 15.3 Å². The molecule has 1 saturated heterocycles. The Morgan fingerprint density at radius 1 is 1.19 bits per heavy atom. The summed E-state index contributed by atoms with van der Waals surface area (Å²) < 4.78 is 24.2. The molecule has 3 rings (SSSR count). The van der Waals surface area contributed by atoms with Gasteiger partial charge in [0, 0.05) is 24.3 Å². The van der Waals surface area contributed by atoms with Crippen LogP contribution in [0.2, 0.25) is 0 Å². The molecule has 1 heterocycles. The van der Waals surface area contributed by atoms with Crippen LogP contribution in [0.1, 0.15) is 18.9 Å². The van der Waals surface area contributed by atoms with Gasteiger partial charge in [-0.3, -0.25) is 14.9 Å². The van der Waals surface area contributed by atoms with Gasteiger partial charge in [0.25, 0.3) is 0 Å². The molecule has 3 atom stereocenters. The lowest BCUT2D eigenvalue weighted by Gasteiger charge is -2.35. The number of carbonyl (C=O) groups is 2. The van der Waals surface area contributed by atoms with Crippen LogP contribution in [0.5, 0.6) is 11.5 Å². The number of anilines is 1. The van der Waals surface area contributed by atoms with Crippen molar-refractivity contribution < 1.29 is 23.5 Å². The van der Waals surface area contributed by atoms with Crippen LogP contribution in [0.15, 0.2) is 42.5 Å². The van der Waals surface area contributed by atoms with Gasteiger partial charge < -0.3 is 20.1 Å². The predicted molar refractivity (Wildman–Crippen MR) is 119 cm³/mol. The number of rotatable bonds is 8. The molecule has 0 aliphatic carbocycles. The molecule has 31 heavy (non-hydrogen) atoms. The molecule has 2 aromatic carbocycles. The molecule has 3 unspecified atom stereocenters. The molecular weight excluding hydrogens is 421 g/mol. The Kier molecular flexibility index (Phi) is 7.75. The molecule has 166 valence electrons. The lowest BCUT2D eigenvalue weighted by atomic mass is 9.94. The monoisotopic (exact) mass is 447 g/mol. The summed E-state index contributed by atoms with van der Waals surface area (Å²) in [6.07, 6.45) is 0.0138. The number of hydrogen-bond acceptors (Lipinski definition) is 6. The normalized spacial score (nSPS) is 20.6. The van der Waals surface area contributed by atoms with Crippen LogP contribution < -0.4 is 25.4 Å². The number of ether oxygens (including phenoxy) is 2. The maximum Gasteiger partial charge on any atom is 0.227 e. The molecule has 0 bridgehead atoms. The molecular formula is C22H26FN3O4S. The smallest absolute Gasteiger partial charge is 0.227 e. The molecule has 9 heteroatoms. The third-order valence-electron chi connectivity index (χ3n) is 5.08. The van der Waals surface area contributed by atoms with E-state index in [9.17, 15) is 14.0 Å². The Bertz CT molecular complexity index is 943. The van der Waals surface area contributed by atoms with E-state index >= 15 is 0 Å². The van der Waals surface area contributed by atoms with Crippen molar-refractivity contribution in [3.8, 4) is 11.5 Å². The summed E-state index contributed by atoms with van der Waals surface area (Å²) in [5, 5.41) is 8.93. The molecule has 0 radical (unpaired) electrons. The van der Waals surface area contributed by atoms with E-state index in [4.69, 9.17) is 9.47 Å². The van der Waals surface area contributed by atoms with Crippen LogP contribution in [0, 0.1) is 11.7 Å². The zero-order valence-electron chi connectivity index (χ0n) is 17.6. The van der Waals surface area contributed by atoms with E-state index < -0.39 is 5.92 Å². The fourth-order valence-corrected chi connectivity index (χ4v) is 4.40. The first kappa shape index (κ1) is 22.9. The highest BCUT2D eigenvalue weighted by molar-refractivity contribution is 7.99. The van der Waals surface area contributed by atoms with Crippen LogP contribution in [0.3, 0.4) is 0 Å². The number of amides is 2. The van der Waals surface area contributed by atoms with Crippen molar-refractivity contribution >= 4 is 29.3 Å². The summed E-state index contributed by atoms with van der Waals surface area (Å²) >= 11 is 1.39. The van der Waals surface area contributed by atoms with Crippen molar-refractivity contribution in [1.82, 2.24) is 10.6 Å².